The van der Waals surface area contributed by atoms with Crippen molar-refractivity contribution in [3.8, 4) is 0 Å². The molecule has 0 radical (unpaired) electrons. The Morgan fingerprint density at radius 2 is 2.14 bits per heavy atom. The van der Waals surface area contributed by atoms with Gasteiger partial charge in [-0.3, -0.25) is 0 Å². The number of ether oxygens (including phenoxy) is 2. The van der Waals surface area contributed by atoms with E-state index in [1.165, 1.54) is 0 Å². The summed E-state index contributed by atoms with van der Waals surface area (Å²) in [4.78, 5) is 23.9. The first-order valence-electron chi connectivity index (χ1n) is 7.51. The first-order valence-corrected chi connectivity index (χ1v) is 7.51. The first kappa shape index (κ1) is 16.3. The predicted molar refractivity (Wildman–Crippen MR) is 83.0 cm³/mol. The van der Waals surface area contributed by atoms with Crippen LogP contribution in [0.3, 0.4) is 0 Å². The molecular formula is C16H22N2O4. The van der Waals surface area contributed by atoms with Crippen molar-refractivity contribution >= 4 is 17.7 Å². The van der Waals surface area contributed by atoms with Crippen LogP contribution in [0.2, 0.25) is 0 Å². The Labute approximate surface area is 130 Å². The highest BCUT2D eigenvalue weighted by Crippen LogP contribution is 2.18. The van der Waals surface area contributed by atoms with E-state index in [1.54, 1.807) is 24.3 Å². The normalized spacial score (nSPS) is 17.3. The lowest BCUT2D eigenvalue weighted by atomic mass is 10.2. The van der Waals surface area contributed by atoms with E-state index < -0.39 is 5.97 Å². The van der Waals surface area contributed by atoms with Crippen molar-refractivity contribution < 1.29 is 19.1 Å². The van der Waals surface area contributed by atoms with Crippen LogP contribution in [0.25, 0.3) is 0 Å². The number of carbonyl (C=O) groups excluding carboxylic acids is 2. The number of para-hydroxylation sites is 1. The van der Waals surface area contributed by atoms with E-state index in [0.717, 1.165) is 19.4 Å². The van der Waals surface area contributed by atoms with Crippen molar-refractivity contribution in [2.45, 2.75) is 38.8 Å². The Kier molecular flexibility index (Phi) is 5.77. The zero-order valence-corrected chi connectivity index (χ0v) is 12.9. The molecule has 1 saturated heterocycles. The van der Waals surface area contributed by atoms with E-state index >= 15 is 0 Å². The monoisotopic (exact) mass is 306 g/mol. The van der Waals surface area contributed by atoms with Gasteiger partial charge in [0.05, 0.1) is 17.4 Å². The van der Waals surface area contributed by atoms with Gasteiger partial charge in [0, 0.05) is 12.6 Å². The van der Waals surface area contributed by atoms with Crippen LogP contribution < -0.4 is 10.6 Å². The van der Waals surface area contributed by atoms with Gasteiger partial charge in [-0.15, -0.1) is 0 Å². The second kappa shape index (κ2) is 7.79. The number of anilines is 1. The summed E-state index contributed by atoms with van der Waals surface area (Å²) in [6.07, 6.45) is 1.88. The third-order valence-corrected chi connectivity index (χ3v) is 3.24. The molecule has 1 heterocycles. The third kappa shape index (κ3) is 4.73. The van der Waals surface area contributed by atoms with Gasteiger partial charge in [-0.05, 0) is 38.8 Å². The number of rotatable bonds is 5. The Morgan fingerprint density at radius 3 is 2.82 bits per heavy atom. The lowest BCUT2D eigenvalue weighted by Gasteiger charge is -2.14. The molecule has 2 rings (SSSR count). The zero-order chi connectivity index (χ0) is 15.9. The van der Waals surface area contributed by atoms with Crippen molar-refractivity contribution in [1.29, 1.82) is 0 Å². The van der Waals surface area contributed by atoms with Crippen molar-refractivity contribution in [3.63, 3.8) is 0 Å². The second-order valence-corrected chi connectivity index (χ2v) is 5.53. The van der Waals surface area contributed by atoms with Crippen LogP contribution in [-0.4, -0.2) is 37.4 Å². The van der Waals surface area contributed by atoms with Crippen LogP contribution in [0, 0.1) is 0 Å². The van der Waals surface area contributed by atoms with Crippen LogP contribution in [0.15, 0.2) is 24.3 Å². The van der Waals surface area contributed by atoms with Gasteiger partial charge in [-0.1, -0.05) is 12.1 Å². The molecule has 0 bridgehead atoms. The fourth-order valence-corrected chi connectivity index (χ4v) is 2.21. The maximum Gasteiger partial charge on any atom is 0.340 e. The van der Waals surface area contributed by atoms with Gasteiger partial charge in [-0.2, -0.15) is 0 Å². The summed E-state index contributed by atoms with van der Waals surface area (Å²) in [5.74, 6) is -0.462. The molecule has 2 amide bonds. The van der Waals surface area contributed by atoms with E-state index in [9.17, 15) is 9.59 Å². The van der Waals surface area contributed by atoms with Gasteiger partial charge in [0.25, 0.3) is 0 Å². The molecule has 1 aromatic carbocycles. The summed E-state index contributed by atoms with van der Waals surface area (Å²) in [6.45, 7) is 4.68. The quantitative estimate of drug-likeness (QED) is 0.820. The van der Waals surface area contributed by atoms with Crippen LogP contribution in [0.5, 0.6) is 0 Å². The fourth-order valence-electron chi connectivity index (χ4n) is 2.21. The average molecular weight is 306 g/mol. The molecule has 120 valence electrons. The molecule has 2 N–H and O–H groups in total. The van der Waals surface area contributed by atoms with Gasteiger partial charge in [0.15, 0.2) is 0 Å². The predicted octanol–water partition coefficient (Wildman–Crippen LogP) is 2.55. The smallest absolute Gasteiger partial charge is 0.340 e. The third-order valence-electron chi connectivity index (χ3n) is 3.24. The average Bonchev–Trinajstić information content (AvgIpc) is 2.97. The minimum absolute atomic E-state index is 0.0126. The highest BCUT2D eigenvalue weighted by atomic mass is 16.6. The molecule has 1 aliphatic rings. The Morgan fingerprint density at radius 1 is 1.36 bits per heavy atom. The summed E-state index contributed by atoms with van der Waals surface area (Å²) in [5.41, 5.74) is 0.761. The van der Waals surface area contributed by atoms with Gasteiger partial charge in [-0.25, -0.2) is 9.59 Å². The molecule has 0 saturated carbocycles. The number of nitrogens with one attached hydrogen (secondary N) is 2. The maximum absolute atomic E-state index is 12.2. The zero-order valence-electron chi connectivity index (χ0n) is 12.9. The number of esters is 1. The summed E-state index contributed by atoms with van der Waals surface area (Å²) in [7, 11) is 0. The minimum Gasteiger partial charge on any atom is -0.459 e. The van der Waals surface area contributed by atoms with Crippen LogP contribution >= 0.6 is 0 Å². The molecule has 22 heavy (non-hydrogen) atoms. The highest BCUT2D eigenvalue weighted by molar-refractivity contribution is 6.00. The van der Waals surface area contributed by atoms with E-state index in [1.807, 2.05) is 13.8 Å². The SMILES string of the molecule is CC(C)NC(=O)Nc1ccccc1C(=O)OC[C@H]1CCCO1. The number of amides is 2. The van der Waals surface area contributed by atoms with E-state index in [-0.39, 0.29) is 24.8 Å². The van der Waals surface area contributed by atoms with E-state index in [0.29, 0.717) is 11.3 Å². The van der Waals surface area contributed by atoms with E-state index in [4.69, 9.17) is 9.47 Å². The van der Waals surface area contributed by atoms with Crippen LogP contribution in [-0.2, 0) is 9.47 Å². The molecule has 1 atom stereocenters. The number of hydrogen-bond donors (Lipinski definition) is 2. The fraction of sp³-hybridized carbons (Fsp3) is 0.500. The van der Waals surface area contributed by atoms with E-state index in [2.05, 4.69) is 10.6 Å². The van der Waals surface area contributed by atoms with Gasteiger partial charge < -0.3 is 20.1 Å². The lowest BCUT2D eigenvalue weighted by molar-refractivity contribution is 0.0162. The molecule has 1 aromatic rings. The Hall–Kier alpha value is -2.08. The molecule has 0 aliphatic carbocycles. The van der Waals surface area contributed by atoms with Crippen molar-refractivity contribution in [2.75, 3.05) is 18.5 Å². The van der Waals surface area contributed by atoms with Crippen molar-refractivity contribution in [3.05, 3.63) is 29.8 Å². The molecule has 6 heteroatoms. The molecule has 1 fully saturated rings. The molecular weight excluding hydrogens is 284 g/mol. The maximum atomic E-state index is 12.2. The summed E-state index contributed by atoms with van der Waals surface area (Å²) < 4.78 is 10.7. The second-order valence-electron chi connectivity index (χ2n) is 5.53. The molecule has 0 unspecified atom stereocenters. The highest BCUT2D eigenvalue weighted by Gasteiger charge is 2.20. The van der Waals surface area contributed by atoms with Crippen LogP contribution in [0.4, 0.5) is 10.5 Å². The summed E-state index contributed by atoms with van der Waals surface area (Å²) >= 11 is 0. The number of benzene rings is 1. The molecule has 0 spiro atoms. The topological polar surface area (TPSA) is 76.7 Å². The van der Waals surface area contributed by atoms with Gasteiger partial charge in [0.1, 0.15) is 6.61 Å². The van der Waals surface area contributed by atoms with Crippen molar-refractivity contribution in [2.24, 2.45) is 0 Å². The number of carbonyl (C=O) groups is 2. The van der Waals surface area contributed by atoms with Crippen LogP contribution in [0.1, 0.15) is 37.0 Å². The standard InChI is InChI=1S/C16H22N2O4/c1-11(2)17-16(20)18-14-8-4-3-7-13(14)15(19)22-10-12-6-5-9-21-12/h3-4,7-8,11-12H,5-6,9-10H2,1-2H3,(H2,17,18,20)/t12-/m1/s1. The first-order chi connectivity index (χ1) is 10.6. The number of hydrogen-bond acceptors (Lipinski definition) is 4. The van der Waals surface area contributed by atoms with Crippen molar-refractivity contribution in [1.82, 2.24) is 5.32 Å². The molecule has 0 aromatic heterocycles. The number of urea groups is 1. The summed E-state index contributed by atoms with van der Waals surface area (Å²) in [6, 6.07) is 6.44. The lowest BCUT2D eigenvalue weighted by Crippen LogP contribution is -2.34. The Bertz CT molecular complexity index is 525. The largest absolute Gasteiger partial charge is 0.459 e. The molecule has 6 nitrogen and oxygen atoms in total. The summed E-state index contributed by atoms with van der Waals surface area (Å²) in [5, 5.41) is 5.38. The minimum atomic E-state index is -0.462. The Balaban J connectivity index is 1.97. The van der Waals surface area contributed by atoms with Gasteiger partial charge in [0.2, 0.25) is 0 Å². The molecule has 1 aliphatic heterocycles. The van der Waals surface area contributed by atoms with Gasteiger partial charge >= 0.3 is 12.0 Å².